The maximum absolute atomic E-state index is 13.4. The fourth-order valence-electron chi connectivity index (χ4n) is 4.03. The standard InChI is InChI=1S/C20H14ClF2N9O2/c21-11-2-1-4-31-14(11)6-13(29-31)16-15-12(24-9-25-15)3-5-30(16)19(33)18-28-27-17(34-18)10-7-26-32(8-10)20(22)23/h1-2,4,6-9,16,20H,3,5H2,(H,24,25)/t16-/m0/s1. The van der Waals surface area contributed by atoms with Crippen LogP contribution in [0.5, 0.6) is 0 Å². The minimum Gasteiger partial charge on any atom is -0.412 e. The Bertz CT molecular complexity index is 1520. The van der Waals surface area contributed by atoms with E-state index in [0.29, 0.717) is 39.6 Å². The molecule has 172 valence electrons. The number of carbonyl (C=O) groups excluding carboxylic acids is 1. The zero-order valence-electron chi connectivity index (χ0n) is 17.1. The molecule has 11 nitrogen and oxygen atoms in total. The summed E-state index contributed by atoms with van der Waals surface area (Å²) in [6.45, 7) is -2.48. The van der Waals surface area contributed by atoms with Crippen molar-refractivity contribution in [1.29, 1.82) is 0 Å². The Morgan fingerprint density at radius 1 is 1.32 bits per heavy atom. The number of amides is 1. The van der Waals surface area contributed by atoms with Crippen molar-refractivity contribution in [2.75, 3.05) is 6.54 Å². The molecule has 0 spiro atoms. The van der Waals surface area contributed by atoms with Gasteiger partial charge in [-0.05, 0) is 18.2 Å². The van der Waals surface area contributed by atoms with Crippen LogP contribution < -0.4 is 0 Å². The summed E-state index contributed by atoms with van der Waals surface area (Å²) in [5, 5.41) is 16.3. The zero-order chi connectivity index (χ0) is 23.4. The number of hydrogen-bond donors (Lipinski definition) is 1. The number of alkyl halides is 2. The Morgan fingerprint density at radius 3 is 3.00 bits per heavy atom. The molecule has 0 aromatic carbocycles. The number of fused-ring (bicyclic) bond motifs is 2. The number of imidazole rings is 1. The van der Waals surface area contributed by atoms with E-state index in [2.05, 4.69) is 30.4 Å². The van der Waals surface area contributed by atoms with Gasteiger partial charge in [0.2, 0.25) is 0 Å². The lowest BCUT2D eigenvalue weighted by molar-refractivity contribution is 0.0566. The van der Waals surface area contributed by atoms with E-state index in [4.69, 9.17) is 16.0 Å². The lowest BCUT2D eigenvalue weighted by Crippen LogP contribution is -2.41. The number of hydrogen-bond acceptors (Lipinski definition) is 7. The Kier molecular flexibility index (Phi) is 4.65. The molecule has 6 heterocycles. The van der Waals surface area contributed by atoms with Crippen LogP contribution in [0, 0.1) is 0 Å². The highest BCUT2D eigenvalue weighted by Gasteiger charge is 2.38. The van der Waals surface area contributed by atoms with Crippen LogP contribution in [0.4, 0.5) is 8.78 Å². The summed E-state index contributed by atoms with van der Waals surface area (Å²) >= 11 is 6.32. The summed E-state index contributed by atoms with van der Waals surface area (Å²) in [5.41, 5.74) is 2.96. The number of aromatic nitrogens is 8. The molecule has 5 aromatic heterocycles. The first kappa shape index (κ1) is 20.5. The Balaban J connectivity index is 1.37. The van der Waals surface area contributed by atoms with Crippen molar-refractivity contribution in [2.24, 2.45) is 0 Å². The predicted octanol–water partition coefficient (Wildman–Crippen LogP) is 3.14. The van der Waals surface area contributed by atoms with Crippen molar-refractivity contribution in [2.45, 2.75) is 19.0 Å². The highest BCUT2D eigenvalue weighted by atomic mass is 35.5. The molecule has 0 bridgehead atoms. The topological polar surface area (TPSA) is 123 Å². The molecule has 1 aliphatic heterocycles. The first-order valence-corrected chi connectivity index (χ1v) is 10.5. The molecular formula is C20H14ClF2N9O2. The van der Waals surface area contributed by atoms with Crippen LogP contribution in [-0.2, 0) is 6.42 Å². The van der Waals surface area contributed by atoms with Crippen molar-refractivity contribution in [1.82, 2.24) is 44.5 Å². The summed E-state index contributed by atoms with van der Waals surface area (Å²) in [6.07, 6.45) is 6.09. The molecular weight excluding hydrogens is 472 g/mol. The average molecular weight is 486 g/mol. The van der Waals surface area contributed by atoms with Gasteiger partial charge < -0.3 is 14.3 Å². The van der Waals surface area contributed by atoms with Crippen LogP contribution in [0.15, 0.2) is 47.5 Å². The molecule has 0 aliphatic carbocycles. The molecule has 0 saturated carbocycles. The highest BCUT2D eigenvalue weighted by molar-refractivity contribution is 6.33. The van der Waals surface area contributed by atoms with E-state index in [-0.39, 0.29) is 17.3 Å². The van der Waals surface area contributed by atoms with Gasteiger partial charge in [-0.2, -0.15) is 19.0 Å². The summed E-state index contributed by atoms with van der Waals surface area (Å²) in [7, 11) is 0. The molecule has 0 unspecified atom stereocenters. The summed E-state index contributed by atoms with van der Waals surface area (Å²) in [4.78, 5) is 22.5. The van der Waals surface area contributed by atoms with Crippen molar-refractivity contribution in [3.05, 3.63) is 71.1 Å². The smallest absolute Gasteiger partial charge is 0.333 e. The quantitative estimate of drug-likeness (QED) is 0.415. The number of H-pyrrole nitrogens is 1. The van der Waals surface area contributed by atoms with E-state index in [1.54, 1.807) is 40.1 Å². The van der Waals surface area contributed by atoms with Crippen LogP contribution in [0.3, 0.4) is 0 Å². The summed E-state index contributed by atoms with van der Waals surface area (Å²) in [5.74, 6) is -0.920. The predicted molar refractivity (Wildman–Crippen MR) is 112 cm³/mol. The van der Waals surface area contributed by atoms with Gasteiger partial charge in [-0.15, -0.1) is 10.2 Å². The number of carbonyl (C=O) groups is 1. The molecule has 34 heavy (non-hydrogen) atoms. The Hall–Kier alpha value is -4.13. The van der Waals surface area contributed by atoms with Gasteiger partial charge in [-0.3, -0.25) is 4.79 Å². The minimum atomic E-state index is -2.81. The highest BCUT2D eigenvalue weighted by Crippen LogP contribution is 2.35. The van der Waals surface area contributed by atoms with Crippen molar-refractivity contribution < 1.29 is 18.0 Å². The van der Waals surface area contributed by atoms with Gasteiger partial charge in [0.1, 0.15) is 6.04 Å². The molecule has 1 N–H and O–H groups in total. The Labute approximate surface area is 194 Å². The van der Waals surface area contributed by atoms with Gasteiger partial charge in [0, 0.05) is 31.1 Å². The second-order valence-corrected chi connectivity index (χ2v) is 7.98. The molecule has 0 radical (unpaired) electrons. The molecule has 0 saturated heterocycles. The number of pyridine rings is 1. The summed E-state index contributed by atoms with van der Waals surface area (Å²) < 4.78 is 33.3. The van der Waals surface area contributed by atoms with E-state index in [0.717, 1.165) is 18.1 Å². The van der Waals surface area contributed by atoms with Crippen molar-refractivity contribution in [3.8, 4) is 11.5 Å². The largest absolute Gasteiger partial charge is 0.412 e. The average Bonchev–Trinajstić information content (AvgIpc) is 3.62. The van der Waals surface area contributed by atoms with Crippen LogP contribution >= 0.6 is 11.6 Å². The molecule has 1 aliphatic rings. The van der Waals surface area contributed by atoms with Crippen LogP contribution in [-0.4, -0.2) is 56.9 Å². The summed E-state index contributed by atoms with van der Waals surface area (Å²) in [6, 6.07) is 4.69. The second kappa shape index (κ2) is 7.73. The molecule has 1 atom stereocenters. The van der Waals surface area contributed by atoms with Gasteiger partial charge in [0.25, 0.3) is 5.89 Å². The first-order chi connectivity index (χ1) is 16.5. The maximum Gasteiger partial charge on any atom is 0.333 e. The van der Waals surface area contributed by atoms with Gasteiger partial charge in [-0.1, -0.05) is 11.6 Å². The van der Waals surface area contributed by atoms with Gasteiger partial charge in [0.15, 0.2) is 0 Å². The lowest BCUT2D eigenvalue weighted by atomic mass is 9.99. The second-order valence-electron chi connectivity index (χ2n) is 7.57. The molecule has 0 fully saturated rings. The van der Waals surface area contributed by atoms with Crippen LogP contribution in [0.2, 0.25) is 5.02 Å². The van der Waals surface area contributed by atoms with Crippen molar-refractivity contribution >= 4 is 23.0 Å². The fourth-order valence-corrected chi connectivity index (χ4v) is 4.25. The molecule has 14 heteroatoms. The number of nitrogens with one attached hydrogen (secondary N) is 1. The van der Waals surface area contributed by atoms with Gasteiger partial charge in [0.05, 0.1) is 40.0 Å². The number of aromatic amines is 1. The lowest BCUT2D eigenvalue weighted by Gasteiger charge is -2.32. The van der Waals surface area contributed by atoms with Crippen molar-refractivity contribution in [3.63, 3.8) is 0 Å². The SMILES string of the molecule is O=C(c1nnc(-c2cnn(C(F)F)c2)o1)N1CCc2[nH]cnc2[C@@H]1c1cc2c(Cl)cccn2n1. The number of halogens is 3. The van der Waals surface area contributed by atoms with Gasteiger partial charge >= 0.3 is 18.3 Å². The maximum atomic E-state index is 13.4. The monoisotopic (exact) mass is 485 g/mol. The van der Waals surface area contributed by atoms with Crippen LogP contribution in [0.1, 0.15) is 40.4 Å². The third-order valence-electron chi connectivity index (χ3n) is 5.59. The Morgan fingerprint density at radius 2 is 2.21 bits per heavy atom. The zero-order valence-corrected chi connectivity index (χ0v) is 17.9. The van der Waals surface area contributed by atoms with E-state index in [1.807, 2.05) is 0 Å². The number of rotatable bonds is 4. The fraction of sp³-hybridized carbons (Fsp3) is 0.200. The van der Waals surface area contributed by atoms with E-state index in [9.17, 15) is 13.6 Å². The third-order valence-corrected chi connectivity index (χ3v) is 5.91. The number of nitrogens with zero attached hydrogens (tertiary/aromatic N) is 8. The third kappa shape index (κ3) is 3.23. The van der Waals surface area contributed by atoms with E-state index >= 15 is 0 Å². The van der Waals surface area contributed by atoms with Gasteiger partial charge in [-0.25, -0.2) is 14.2 Å². The van der Waals surface area contributed by atoms with Crippen LogP contribution in [0.25, 0.3) is 17.0 Å². The molecule has 1 amide bonds. The minimum absolute atomic E-state index is 0.0937. The van der Waals surface area contributed by atoms with E-state index in [1.165, 1.54) is 0 Å². The molecule has 5 aromatic rings. The first-order valence-electron chi connectivity index (χ1n) is 10.1. The molecule has 6 rings (SSSR count). The normalized spacial score (nSPS) is 15.9. The van der Waals surface area contributed by atoms with E-state index < -0.39 is 18.5 Å².